The molecular formula is C21H23F3. The van der Waals surface area contributed by atoms with Gasteiger partial charge < -0.3 is 0 Å². The zero-order valence-corrected chi connectivity index (χ0v) is 14.0. The predicted octanol–water partition coefficient (Wildman–Crippen LogP) is 5.79. The molecule has 0 fully saturated rings. The van der Waals surface area contributed by atoms with Crippen molar-refractivity contribution < 1.29 is 13.2 Å². The second-order valence-corrected chi connectivity index (χ2v) is 6.82. The molecule has 3 heteroatoms. The molecule has 1 aliphatic rings. The Morgan fingerprint density at radius 2 is 1.83 bits per heavy atom. The molecule has 0 radical (unpaired) electrons. The third-order valence-corrected chi connectivity index (χ3v) is 5.09. The van der Waals surface area contributed by atoms with Crippen molar-refractivity contribution in [1.82, 2.24) is 0 Å². The summed E-state index contributed by atoms with van der Waals surface area (Å²) in [5.74, 6) is -1.34. The van der Waals surface area contributed by atoms with E-state index in [1.165, 1.54) is 6.07 Å². The molecule has 0 heterocycles. The molecule has 24 heavy (non-hydrogen) atoms. The Balaban J connectivity index is 1.65. The van der Waals surface area contributed by atoms with Crippen LogP contribution in [0.2, 0.25) is 0 Å². The highest BCUT2D eigenvalue weighted by Gasteiger charge is 2.23. The highest BCUT2D eigenvalue weighted by Crippen LogP contribution is 2.31. The Hall–Kier alpha value is -1.77. The third-order valence-electron chi connectivity index (χ3n) is 5.09. The monoisotopic (exact) mass is 332 g/mol. The lowest BCUT2D eigenvalue weighted by atomic mass is 9.80. The molecule has 0 nitrogen and oxygen atoms in total. The van der Waals surface area contributed by atoms with Crippen LogP contribution in [0.1, 0.15) is 48.4 Å². The van der Waals surface area contributed by atoms with Crippen LogP contribution >= 0.6 is 0 Å². The molecule has 0 spiro atoms. The van der Waals surface area contributed by atoms with E-state index in [2.05, 4.69) is 6.92 Å². The molecule has 3 rings (SSSR count). The lowest BCUT2D eigenvalue weighted by Gasteiger charge is -2.25. The lowest BCUT2D eigenvalue weighted by Crippen LogP contribution is -2.17. The van der Waals surface area contributed by atoms with Gasteiger partial charge in [-0.25, -0.2) is 13.2 Å². The first-order valence-corrected chi connectivity index (χ1v) is 8.81. The van der Waals surface area contributed by atoms with Crippen LogP contribution in [-0.4, -0.2) is 0 Å². The Kier molecular flexibility index (Phi) is 5.27. The highest BCUT2D eigenvalue weighted by atomic mass is 19.2. The summed E-state index contributed by atoms with van der Waals surface area (Å²) in [5.41, 5.74) is 3.19. The van der Waals surface area contributed by atoms with Crippen molar-refractivity contribution in [3.05, 3.63) is 70.0 Å². The average molecular weight is 332 g/mol. The van der Waals surface area contributed by atoms with Gasteiger partial charge >= 0.3 is 0 Å². The summed E-state index contributed by atoms with van der Waals surface area (Å²) in [5, 5.41) is 0. The van der Waals surface area contributed by atoms with E-state index >= 15 is 0 Å². The molecule has 1 unspecified atom stereocenters. The third kappa shape index (κ3) is 3.66. The van der Waals surface area contributed by atoms with Gasteiger partial charge in [0, 0.05) is 0 Å². The van der Waals surface area contributed by atoms with Crippen molar-refractivity contribution in [2.75, 3.05) is 0 Å². The van der Waals surface area contributed by atoms with E-state index in [-0.39, 0.29) is 11.7 Å². The Morgan fingerprint density at radius 3 is 2.58 bits per heavy atom. The van der Waals surface area contributed by atoms with Gasteiger partial charge in [0.1, 0.15) is 5.82 Å². The summed E-state index contributed by atoms with van der Waals surface area (Å²) >= 11 is 0. The minimum Gasteiger partial charge on any atom is -0.207 e. The molecule has 0 amide bonds. The normalized spacial score (nSPS) is 16.9. The van der Waals surface area contributed by atoms with Gasteiger partial charge in [0.2, 0.25) is 0 Å². The zero-order chi connectivity index (χ0) is 17.1. The number of rotatable bonds is 5. The van der Waals surface area contributed by atoms with Crippen molar-refractivity contribution in [2.45, 2.75) is 51.9 Å². The number of hydrogen-bond donors (Lipinski definition) is 0. The molecule has 0 N–H and O–H groups in total. The molecule has 1 aliphatic carbocycles. The van der Waals surface area contributed by atoms with E-state index in [1.807, 2.05) is 12.1 Å². The van der Waals surface area contributed by atoms with Gasteiger partial charge in [-0.3, -0.25) is 0 Å². The van der Waals surface area contributed by atoms with Crippen LogP contribution in [0.5, 0.6) is 0 Å². The minimum absolute atomic E-state index is 0.144. The van der Waals surface area contributed by atoms with Gasteiger partial charge in [-0.2, -0.15) is 0 Å². The molecule has 1 atom stereocenters. The van der Waals surface area contributed by atoms with Crippen LogP contribution < -0.4 is 0 Å². The first-order valence-electron chi connectivity index (χ1n) is 8.81. The molecule has 2 aromatic rings. The first-order chi connectivity index (χ1) is 11.6. The summed E-state index contributed by atoms with van der Waals surface area (Å²) in [6.45, 7) is 2.08. The maximum Gasteiger partial charge on any atom is 0.162 e. The summed E-state index contributed by atoms with van der Waals surface area (Å²) in [6.07, 6.45) is 5.62. The lowest BCUT2D eigenvalue weighted by molar-refractivity contribution is 0.403. The molecule has 0 aliphatic heterocycles. The maximum atomic E-state index is 14.2. The number of halogens is 3. The maximum absolute atomic E-state index is 14.2. The van der Waals surface area contributed by atoms with Crippen LogP contribution in [0, 0.1) is 23.4 Å². The van der Waals surface area contributed by atoms with Crippen LogP contribution in [0.15, 0.2) is 30.3 Å². The fraction of sp³-hybridized carbons (Fsp3) is 0.429. The molecule has 0 saturated heterocycles. The summed E-state index contributed by atoms with van der Waals surface area (Å²) in [7, 11) is 0. The summed E-state index contributed by atoms with van der Waals surface area (Å²) in [6, 6.07) is 8.40. The van der Waals surface area contributed by atoms with Crippen LogP contribution in [-0.2, 0) is 25.7 Å². The van der Waals surface area contributed by atoms with Gasteiger partial charge in [-0.05, 0) is 78.8 Å². The predicted molar refractivity (Wildman–Crippen MR) is 90.6 cm³/mol. The van der Waals surface area contributed by atoms with Crippen LogP contribution in [0.3, 0.4) is 0 Å². The summed E-state index contributed by atoms with van der Waals surface area (Å²) in [4.78, 5) is 0. The number of benzene rings is 2. The number of aryl methyl sites for hydroxylation is 3. The van der Waals surface area contributed by atoms with Crippen LogP contribution in [0.4, 0.5) is 13.2 Å². The molecular weight excluding hydrogens is 309 g/mol. The van der Waals surface area contributed by atoms with Gasteiger partial charge in [0.05, 0.1) is 0 Å². The standard InChI is InChI=1S/C21H23F3/c1-2-3-14-5-8-17(20(23)13-14)9-6-15-4-7-16-10-11-19(22)21(24)18(16)12-15/h5,8,10-11,13,15H,2-4,6-7,9,12H2,1H3. The number of hydrogen-bond acceptors (Lipinski definition) is 0. The quantitative estimate of drug-likeness (QED) is 0.650. The molecule has 0 aromatic heterocycles. The minimum atomic E-state index is -0.771. The van der Waals surface area contributed by atoms with Gasteiger partial charge in [-0.15, -0.1) is 0 Å². The second kappa shape index (κ2) is 7.42. The Morgan fingerprint density at radius 1 is 1.00 bits per heavy atom. The van der Waals surface area contributed by atoms with Crippen molar-refractivity contribution >= 4 is 0 Å². The van der Waals surface area contributed by atoms with Crippen molar-refractivity contribution in [3.8, 4) is 0 Å². The van der Waals surface area contributed by atoms with E-state index in [9.17, 15) is 13.2 Å². The molecule has 0 bridgehead atoms. The van der Waals surface area contributed by atoms with Crippen LogP contribution in [0.25, 0.3) is 0 Å². The largest absolute Gasteiger partial charge is 0.207 e. The van der Waals surface area contributed by atoms with E-state index in [1.54, 1.807) is 12.1 Å². The van der Waals surface area contributed by atoms with Gasteiger partial charge in [0.25, 0.3) is 0 Å². The SMILES string of the molecule is CCCc1ccc(CCC2CCc3ccc(F)c(F)c3C2)c(F)c1. The molecule has 128 valence electrons. The highest BCUT2D eigenvalue weighted by molar-refractivity contribution is 5.32. The second-order valence-electron chi connectivity index (χ2n) is 6.82. The zero-order valence-electron chi connectivity index (χ0n) is 14.0. The molecule has 2 aromatic carbocycles. The number of fused-ring (bicyclic) bond motifs is 1. The first kappa shape index (κ1) is 17.1. The van der Waals surface area contributed by atoms with Gasteiger partial charge in [0.15, 0.2) is 11.6 Å². The van der Waals surface area contributed by atoms with Crippen molar-refractivity contribution in [2.24, 2.45) is 5.92 Å². The van der Waals surface area contributed by atoms with Gasteiger partial charge in [-0.1, -0.05) is 31.5 Å². The summed E-state index contributed by atoms with van der Waals surface area (Å²) < 4.78 is 41.6. The van der Waals surface area contributed by atoms with E-state index in [0.717, 1.165) is 48.8 Å². The fourth-order valence-corrected chi connectivity index (χ4v) is 3.68. The topological polar surface area (TPSA) is 0 Å². The smallest absolute Gasteiger partial charge is 0.162 e. The van der Waals surface area contributed by atoms with E-state index in [0.29, 0.717) is 18.4 Å². The Labute approximate surface area is 141 Å². The van der Waals surface area contributed by atoms with Crippen molar-refractivity contribution in [1.29, 1.82) is 0 Å². The van der Waals surface area contributed by atoms with Crippen molar-refractivity contribution in [3.63, 3.8) is 0 Å². The Bertz CT molecular complexity index is 721. The van der Waals surface area contributed by atoms with E-state index < -0.39 is 11.6 Å². The fourth-order valence-electron chi connectivity index (χ4n) is 3.68. The molecule has 0 saturated carbocycles. The average Bonchev–Trinajstić information content (AvgIpc) is 2.58. The van der Waals surface area contributed by atoms with E-state index in [4.69, 9.17) is 0 Å².